The zero-order valence-corrected chi connectivity index (χ0v) is 16.0. The van der Waals surface area contributed by atoms with Crippen LogP contribution >= 0.6 is 11.6 Å². The van der Waals surface area contributed by atoms with Crippen LogP contribution in [0.1, 0.15) is 44.0 Å². The van der Waals surface area contributed by atoms with E-state index in [0.717, 1.165) is 0 Å². The first kappa shape index (κ1) is 19.5. The van der Waals surface area contributed by atoms with Gasteiger partial charge in [-0.15, -0.1) is 5.10 Å². The van der Waals surface area contributed by atoms with Crippen molar-refractivity contribution in [2.45, 2.75) is 45.6 Å². The average Bonchev–Trinajstić information content (AvgIpc) is 3.21. The van der Waals surface area contributed by atoms with Crippen molar-refractivity contribution < 1.29 is 23.0 Å². The van der Waals surface area contributed by atoms with Crippen LogP contribution in [0.15, 0.2) is 24.4 Å². The Balaban J connectivity index is 1.69. The van der Waals surface area contributed by atoms with Gasteiger partial charge in [-0.2, -0.15) is 0 Å². The molecule has 0 amide bonds. The van der Waals surface area contributed by atoms with Gasteiger partial charge < -0.3 is 9.47 Å². The number of pyridine rings is 1. The van der Waals surface area contributed by atoms with E-state index in [1.54, 1.807) is 39.1 Å². The lowest BCUT2D eigenvalue weighted by Gasteiger charge is -2.19. The Morgan fingerprint density at radius 1 is 1.33 bits per heavy atom. The maximum absolute atomic E-state index is 12.9. The van der Waals surface area contributed by atoms with E-state index in [-0.39, 0.29) is 23.2 Å². The van der Waals surface area contributed by atoms with Crippen molar-refractivity contribution in [2.24, 2.45) is 5.41 Å². The minimum Gasteiger partial charge on any atom is -0.476 e. The number of rotatable bonds is 6. The molecule has 27 heavy (non-hydrogen) atoms. The maximum Gasteiger partial charge on any atom is 0.341 e. The smallest absolute Gasteiger partial charge is 0.341 e. The summed E-state index contributed by atoms with van der Waals surface area (Å²) in [5, 5.41) is 4.14. The third-order valence-corrected chi connectivity index (χ3v) is 4.40. The van der Waals surface area contributed by atoms with E-state index in [1.165, 1.54) is 10.7 Å². The number of hydrogen-bond donors (Lipinski definition) is 0. The molecule has 0 radical (unpaired) electrons. The number of carbonyl (C=O) groups excluding carboxylic acids is 1. The molecule has 0 unspecified atom stereocenters. The molecule has 0 bridgehead atoms. The molecule has 2 aromatic heterocycles. The first-order chi connectivity index (χ1) is 12.6. The quantitative estimate of drug-likeness (QED) is 0.535. The topological polar surface area (TPSA) is 66.2 Å². The van der Waals surface area contributed by atoms with E-state index < -0.39 is 23.4 Å². The van der Waals surface area contributed by atoms with Crippen molar-refractivity contribution in [1.82, 2.24) is 14.8 Å². The summed E-state index contributed by atoms with van der Waals surface area (Å²) in [6.45, 7) is 5.19. The molecule has 1 aliphatic carbocycles. The van der Waals surface area contributed by atoms with Crippen molar-refractivity contribution in [1.29, 1.82) is 0 Å². The molecule has 0 spiro atoms. The van der Waals surface area contributed by atoms with E-state index in [1.807, 2.05) is 0 Å². The third-order valence-electron chi connectivity index (χ3n) is 4.11. The van der Waals surface area contributed by atoms with Crippen LogP contribution in [0.25, 0.3) is 5.82 Å². The molecule has 2 heterocycles. The SMILES string of the molecule is CC(C)(C)OC(=O)c1ccc(-n2ccc(OCC3(C(F)F)CC3)n2)nc1Cl. The molecule has 1 saturated carbocycles. The Morgan fingerprint density at radius 2 is 2.04 bits per heavy atom. The average molecular weight is 400 g/mol. The minimum atomic E-state index is -2.40. The largest absolute Gasteiger partial charge is 0.476 e. The molecule has 9 heteroatoms. The number of carbonyl (C=O) groups is 1. The fourth-order valence-electron chi connectivity index (χ4n) is 2.35. The number of hydrogen-bond acceptors (Lipinski definition) is 5. The molecular formula is C18H20ClF2N3O3. The second-order valence-electron chi connectivity index (χ2n) is 7.56. The highest BCUT2D eigenvalue weighted by Crippen LogP contribution is 2.50. The Labute approximate surface area is 160 Å². The molecule has 0 atom stereocenters. The van der Waals surface area contributed by atoms with Gasteiger partial charge in [0.25, 0.3) is 0 Å². The minimum absolute atomic E-state index is 0.0191. The lowest BCUT2D eigenvalue weighted by molar-refractivity contribution is 0.00691. The van der Waals surface area contributed by atoms with Crippen LogP contribution in [0, 0.1) is 5.41 Å². The molecule has 0 aromatic carbocycles. The van der Waals surface area contributed by atoms with Crippen molar-refractivity contribution in [3.8, 4) is 11.7 Å². The molecular weight excluding hydrogens is 380 g/mol. The van der Waals surface area contributed by atoms with Crippen LogP contribution in [-0.2, 0) is 4.74 Å². The maximum atomic E-state index is 12.9. The lowest BCUT2D eigenvalue weighted by Crippen LogP contribution is -2.24. The lowest BCUT2D eigenvalue weighted by atomic mass is 10.1. The van der Waals surface area contributed by atoms with Gasteiger partial charge in [0.2, 0.25) is 12.3 Å². The van der Waals surface area contributed by atoms with Gasteiger partial charge in [-0.05, 0) is 45.7 Å². The van der Waals surface area contributed by atoms with Crippen LogP contribution < -0.4 is 4.74 Å². The molecule has 0 aliphatic heterocycles. The number of nitrogens with zero attached hydrogens (tertiary/aromatic N) is 3. The van der Waals surface area contributed by atoms with Gasteiger partial charge in [0.05, 0.1) is 11.0 Å². The summed E-state index contributed by atoms with van der Waals surface area (Å²) < 4.78 is 37.9. The van der Waals surface area contributed by atoms with Crippen LogP contribution in [0.2, 0.25) is 5.15 Å². The molecule has 3 rings (SSSR count). The molecule has 1 aliphatic rings. The molecule has 0 N–H and O–H groups in total. The molecule has 0 saturated heterocycles. The van der Waals surface area contributed by atoms with E-state index in [9.17, 15) is 13.6 Å². The van der Waals surface area contributed by atoms with Crippen molar-refractivity contribution >= 4 is 17.6 Å². The predicted molar refractivity (Wildman–Crippen MR) is 94.7 cm³/mol. The fourth-order valence-corrected chi connectivity index (χ4v) is 2.58. The second kappa shape index (κ2) is 7.07. The van der Waals surface area contributed by atoms with Gasteiger partial charge in [0, 0.05) is 12.3 Å². The standard InChI is InChI=1S/C18H20ClF2N3O3/c1-17(2,3)27-15(25)11-4-5-12(22-14(11)19)24-9-6-13(23-24)26-10-18(7-8-18)16(20)21/h4-6,9,16H,7-8,10H2,1-3H3. The van der Waals surface area contributed by atoms with Crippen molar-refractivity contribution in [3.05, 3.63) is 35.1 Å². The molecule has 146 valence electrons. The third kappa shape index (κ3) is 4.55. The Morgan fingerprint density at radius 3 is 2.59 bits per heavy atom. The van der Waals surface area contributed by atoms with Crippen LogP contribution in [0.5, 0.6) is 5.88 Å². The first-order valence-electron chi connectivity index (χ1n) is 8.47. The van der Waals surface area contributed by atoms with Crippen molar-refractivity contribution in [2.75, 3.05) is 6.61 Å². The van der Waals surface area contributed by atoms with Gasteiger partial charge in [-0.25, -0.2) is 23.2 Å². The first-order valence-corrected chi connectivity index (χ1v) is 8.84. The van der Waals surface area contributed by atoms with E-state index >= 15 is 0 Å². The van der Waals surface area contributed by atoms with Gasteiger partial charge in [-0.1, -0.05) is 11.6 Å². The molecule has 2 aromatic rings. The number of aromatic nitrogens is 3. The van der Waals surface area contributed by atoms with E-state index in [0.29, 0.717) is 18.7 Å². The Hall–Kier alpha value is -2.22. The summed E-state index contributed by atoms with van der Waals surface area (Å²) in [5.74, 6) is 0.00554. The van der Waals surface area contributed by atoms with E-state index in [2.05, 4.69) is 10.1 Å². The fraction of sp³-hybridized carbons (Fsp3) is 0.500. The van der Waals surface area contributed by atoms with E-state index in [4.69, 9.17) is 21.1 Å². The summed E-state index contributed by atoms with van der Waals surface area (Å²) in [7, 11) is 0. The molecule has 1 fully saturated rings. The summed E-state index contributed by atoms with van der Waals surface area (Å²) in [6, 6.07) is 4.61. The zero-order valence-electron chi connectivity index (χ0n) is 15.2. The summed E-state index contributed by atoms with van der Waals surface area (Å²) in [4.78, 5) is 16.3. The van der Waals surface area contributed by atoms with Gasteiger partial charge >= 0.3 is 5.97 Å². The second-order valence-corrected chi connectivity index (χ2v) is 7.92. The highest BCUT2D eigenvalue weighted by molar-refractivity contribution is 6.32. The number of alkyl halides is 2. The normalized spacial score (nSPS) is 15.7. The highest BCUT2D eigenvalue weighted by atomic mass is 35.5. The summed E-state index contributed by atoms with van der Waals surface area (Å²) >= 11 is 6.11. The van der Waals surface area contributed by atoms with Crippen LogP contribution in [-0.4, -0.2) is 39.4 Å². The summed E-state index contributed by atoms with van der Waals surface area (Å²) in [5.41, 5.74) is -1.54. The van der Waals surface area contributed by atoms with Crippen LogP contribution in [0.4, 0.5) is 8.78 Å². The monoisotopic (exact) mass is 399 g/mol. The van der Waals surface area contributed by atoms with Gasteiger partial charge in [-0.3, -0.25) is 0 Å². The van der Waals surface area contributed by atoms with Gasteiger partial charge in [0.1, 0.15) is 17.4 Å². The van der Waals surface area contributed by atoms with Crippen molar-refractivity contribution in [3.63, 3.8) is 0 Å². The van der Waals surface area contributed by atoms with Crippen LogP contribution in [0.3, 0.4) is 0 Å². The molecule has 6 nitrogen and oxygen atoms in total. The highest BCUT2D eigenvalue weighted by Gasteiger charge is 2.52. The predicted octanol–water partition coefficient (Wildman–Crippen LogP) is 4.30. The summed E-state index contributed by atoms with van der Waals surface area (Å²) in [6.07, 6.45) is 0.0762. The zero-order chi connectivity index (χ0) is 19.8. The number of esters is 1. The Bertz CT molecular complexity index is 845. The Kier molecular flexibility index (Phi) is 5.12. The number of halogens is 3. The number of ether oxygens (including phenoxy) is 2. The van der Waals surface area contributed by atoms with Gasteiger partial charge in [0.15, 0.2) is 5.82 Å².